The van der Waals surface area contributed by atoms with Crippen LogP contribution in [0.4, 0.5) is 0 Å². The average molecular weight is 133 g/mol. The molecule has 8 heavy (non-hydrogen) atoms. The zero-order chi connectivity index (χ0) is 6.57. The van der Waals surface area contributed by atoms with Crippen molar-refractivity contribution in [3.63, 3.8) is 0 Å². The number of methoxy groups -OCH3 is 1. The van der Waals surface area contributed by atoms with Crippen molar-refractivity contribution in [2.24, 2.45) is 0 Å². The summed E-state index contributed by atoms with van der Waals surface area (Å²) in [6.45, 7) is 5.27. The summed E-state index contributed by atoms with van der Waals surface area (Å²) in [5.74, 6) is 0.769. The third-order valence-electron chi connectivity index (χ3n) is 0.682. The molecule has 2 heteroatoms. The third-order valence-corrected chi connectivity index (χ3v) is 0.791. The Hall–Kier alpha value is -0.430. The Morgan fingerprint density at radius 1 is 1.75 bits per heavy atom. The highest BCUT2D eigenvalue weighted by molar-refractivity contribution is 6.30. The normalized spacial score (nSPS) is 11.1. The zero-order valence-electron chi connectivity index (χ0n) is 5.07. The Morgan fingerprint density at radius 3 is 2.38 bits per heavy atom. The molecule has 0 fully saturated rings. The van der Waals surface area contributed by atoms with E-state index in [0.717, 1.165) is 5.76 Å². The first-order valence-electron chi connectivity index (χ1n) is 2.23. The lowest BCUT2D eigenvalue weighted by Gasteiger charge is -1.94. The number of hydrogen-bond acceptors (Lipinski definition) is 1. The minimum Gasteiger partial charge on any atom is -0.501 e. The molecular weight excluding hydrogens is 124 g/mol. The van der Waals surface area contributed by atoms with E-state index in [4.69, 9.17) is 16.3 Å². The predicted molar refractivity (Wildman–Crippen MR) is 35.8 cm³/mol. The fraction of sp³-hybridized carbons (Fsp3) is 0.333. The molecule has 0 aliphatic carbocycles. The molecule has 0 aromatic heterocycles. The largest absolute Gasteiger partial charge is 0.501 e. The van der Waals surface area contributed by atoms with Gasteiger partial charge in [0.25, 0.3) is 0 Å². The first kappa shape index (κ1) is 7.57. The van der Waals surface area contributed by atoms with Gasteiger partial charge in [-0.1, -0.05) is 18.2 Å². The number of rotatable bonds is 2. The summed E-state index contributed by atoms with van der Waals surface area (Å²) in [6.07, 6.45) is 1.65. The van der Waals surface area contributed by atoms with Gasteiger partial charge in [0.2, 0.25) is 0 Å². The van der Waals surface area contributed by atoms with Crippen molar-refractivity contribution in [3.05, 3.63) is 23.4 Å². The number of hydrogen-bond donors (Lipinski definition) is 0. The van der Waals surface area contributed by atoms with Gasteiger partial charge in [0.05, 0.1) is 12.9 Å². The van der Waals surface area contributed by atoms with Crippen LogP contribution in [-0.4, -0.2) is 7.11 Å². The lowest BCUT2D eigenvalue weighted by atomic mass is 10.5. The minimum absolute atomic E-state index is 0.490. The summed E-state index contributed by atoms with van der Waals surface area (Å²) in [5.41, 5.74) is 0. The van der Waals surface area contributed by atoms with Gasteiger partial charge in [-0.2, -0.15) is 0 Å². The van der Waals surface area contributed by atoms with Gasteiger partial charge < -0.3 is 4.74 Å². The Bertz CT molecular complexity index is 116. The van der Waals surface area contributed by atoms with E-state index in [-0.39, 0.29) is 0 Å². The maximum absolute atomic E-state index is 5.40. The second kappa shape index (κ2) is 3.56. The van der Waals surface area contributed by atoms with Crippen LogP contribution in [0.25, 0.3) is 0 Å². The summed E-state index contributed by atoms with van der Waals surface area (Å²) >= 11 is 5.40. The van der Waals surface area contributed by atoms with Crippen molar-refractivity contribution < 1.29 is 4.74 Å². The van der Waals surface area contributed by atoms with Crippen LogP contribution in [0.5, 0.6) is 0 Å². The molecule has 0 radical (unpaired) electrons. The molecule has 0 aliphatic rings. The molecule has 1 nitrogen and oxygen atoms in total. The van der Waals surface area contributed by atoms with Crippen LogP contribution in [0.3, 0.4) is 0 Å². The van der Waals surface area contributed by atoms with Gasteiger partial charge >= 0.3 is 0 Å². The molecule has 0 aromatic carbocycles. The summed E-state index contributed by atoms with van der Waals surface area (Å²) in [7, 11) is 1.59. The molecule has 0 N–H and O–H groups in total. The number of ether oxygens (including phenoxy) is 1. The fourth-order valence-corrected chi connectivity index (χ4v) is 0.433. The maximum atomic E-state index is 5.40. The number of allylic oxidation sites excluding steroid dienone is 3. The smallest absolute Gasteiger partial charge is 0.0939 e. The molecular formula is C6H9ClO. The molecule has 0 spiro atoms. The van der Waals surface area contributed by atoms with Crippen molar-refractivity contribution in [2.75, 3.05) is 7.11 Å². The summed E-state index contributed by atoms with van der Waals surface area (Å²) in [4.78, 5) is 0. The van der Waals surface area contributed by atoms with E-state index in [1.807, 2.05) is 6.92 Å². The van der Waals surface area contributed by atoms with Gasteiger partial charge in [0.1, 0.15) is 0 Å². The summed E-state index contributed by atoms with van der Waals surface area (Å²) in [6, 6.07) is 0. The van der Waals surface area contributed by atoms with Crippen LogP contribution in [-0.2, 0) is 4.74 Å². The minimum atomic E-state index is 0.490. The van der Waals surface area contributed by atoms with E-state index in [0.29, 0.717) is 5.03 Å². The van der Waals surface area contributed by atoms with Gasteiger partial charge in [-0.05, 0) is 13.0 Å². The molecule has 0 atom stereocenters. The van der Waals surface area contributed by atoms with E-state index < -0.39 is 0 Å². The number of halogens is 1. The van der Waals surface area contributed by atoms with E-state index in [1.54, 1.807) is 13.2 Å². The monoisotopic (exact) mass is 132 g/mol. The summed E-state index contributed by atoms with van der Waals surface area (Å²) in [5, 5.41) is 0.490. The predicted octanol–water partition coefficient (Wildman–Crippen LogP) is 2.29. The Labute approximate surface area is 54.6 Å². The molecule has 0 amide bonds. The molecule has 0 saturated heterocycles. The van der Waals surface area contributed by atoms with E-state index in [9.17, 15) is 0 Å². The fourth-order valence-electron chi connectivity index (χ4n) is 0.279. The van der Waals surface area contributed by atoms with Gasteiger partial charge in [-0.15, -0.1) is 0 Å². The van der Waals surface area contributed by atoms with Crippen LogP contribution in [0, 0.1) is 0 Å². The first-order valence-corrected chi connectivity index (χ1v) is 2.61. The second-order valence-electron chi connectivity index (χ2n) is 1.41. The van der Waals surface area contributed by atoms with Crippen molar-refractivity contribution >= 4 is 11.6 Å². The molecule has 0 unspecified atom stereocenters. The first-order chi connectivity index (χ1) is 3.66. The Morgan fingerprint density at radius 2 is 2.25 bits per heavy atom. The van der Waals surface area contributed by atoms with Crippen LogP contribution in [0.15, 0.2) is 23.4 Å². The van der Waals surface area contributed by atoms with Crippen molar-refractivity contribution in [1.29, 1.82) is 0 Å². The van der Waals surface area contributed by atoms with Crippen molar-refractivity contribution in [3.8, 4) is 0 Å². The molecule has 0 aliphatic heterocycles. The lowest BCUT2D eigenvalue weighted by Crippen LogP contribution is -1.76. The van der Waals surface area contributed by atoms with Gasteiger partial charge in [-0.3, -0.25) is 0 Å². The molecule has 0 heterocycles. The topological polar surface area (TPSA) is 9.23 Å². The third kappa shape index (κ3) is 3.75. The lowest BCUT2D eigenvalue weighted by molar-refractivity contribution is 0.293. The van der Waals surface area contributed by atoms with Crippen molar-refractivity contribution in [1.82, 2.24) is 0 Å². The molecule has 46 valence electrons. The quantitative estimate of drug-likeness (QED) is 0.414. The second-order valence-corrected chi connectivity index (χ2v) is 1.89. The van der Waals surface area contributed by atoms with Gasteiger partial charge in [0.15, 0.2) is 0 Å². The van der Waals surface area contributed by atoms with Crippen LogP contribution in [0.1, 0.15) is 6.92 Å². The van der Waals surface area contributed by atoms with Crippen LogP contribution < -0.4 is 0 Å². The molecule has 0 saturated carbocycles. The van der Waals surface area contributed by atoms with E-state index >= 15 is 0 Å². The molecule has 0 rings (SSSR count). The van der Waals surface area contributed by atoms with E-state index in [1.165, 1.54) is 0 Å². The standard InChI is InChI=1S/C6H9ClO/c1-5(7)4-6(2)8-3/h4H,1H2,2-3H3/b6-4+. The zero-order valence-corrected chi connectivity index (χ0v) is 5.83. The SMILES string of the molecule is C=C(Cl)/C=C(\C)OC. The van der Waals surface area contributed by atoms with Crippen LogP contribution >= 0.6 is 11.6 Å². The van der Waals surface area contributed by atoms with E-state index in [2.05, 4.69) is 6.58 Å². The maximum Gasteiger partial charge on any atom is 0.0939 e. The highest BCUT2D eigenvalue weighted by Gasteiger charge is 1.82. The average Bonchev–Trinajstić information content (AvgIpc) is 1.65. The summed E-state index contributed by atoms with van der Waals surface area (Å²) < 4.78 is 4.78. The van der Waals surface area contributed by atoms with Gasteiger partial charge in [0, 0.05) is 5.03 Å². The van der Waals surface area contributed by atoms with Crippen molar-refractivity contribution in [2.45, 2.75) is 6.92 Å². The molecule has 0 bridgehead atoms. The Kier molecular flexibility index (Phi) is 3.37. The Balaban J connectivity index is 3.75. The highest BCUT2D eigenvalue weighted by Crippen LogP contribution is 2.03. The van der Waals surface area contributed by atoms with Gasteiger partial charge in [-0.25, -0.2) is 0 Å². The highest BCUT2D eigenvalue weighted by atomic mass is 35.5. The molecule has 0 aromatic rings. The van der Waals surface area contributed by atoms with Crippen LogP contribution in [0.2, 0.25) is 0 Å².